The van der Waals surface area contributed by atoms with Gasteiger partial charge in [0.05, 0.1) is 17.5 Å². The molecule has 1 aromatic heterocycles. The molecule has 0 fully saturated rings. The van der Waals surface area contributed by atoms with Gasteiger partial charge in [0.2, 0.25) is 0 Å². The molecule has 3 nitrogen and oxygen atoms in total. The Morgan fingerprint density at radius 3 is 2.86 bits per heavy atom. The van der Waals surface area contributed by atoms with Gasteiger partial charge in [0.15, 0.2) is 0 Å². The second-order valence-corrected chi connectivity index (χ2v) is 3.41. The van der Waals surface area contributed by atoms with Crippen LogP contribution in [0, 0.1) is 13.8 Å². The average molecular weight is 192 g/mol. The molecule has 1 N–H and O–H groups in total. The van der Waals surface area contributed by atoms with Gasteiger partial charge in [-0.15, -0.1) is 6.58 Å². The SMILES string of the molecule is C=CCCC(O)c1cc(C)nnc1C. The Hall–Kier alpha value is -1.22. The molecule has 1 atom stereocenters. The molecule has 1 rings (SSSR count). The van der Waals surface area contributed by atoms with Gasteiger partial charge in [0.25, 0.3) is 0 Å². The van der Waals surface area contributed by atoms with Crippen molar-refractivity contribution in [1.82, 2.24) is 10.2 Å². The van der Waals surface area contributed by atoms with Crippen molar-refractivity contribution in [2.75, 3.05) is 0 Å². The maximum atomic E-state index is 9.84. The first-order valence-electron chi connectivity index (χ1n) is 4.75. The van der Waals surface area contributed by atoms with Gasteiger partial charge in [0.1, 0.15) is 0 Å². The van der Waals surface area contributed by atoms with E-state index in [1.165, 1.54) is 0 Å². The van der Waals surface area contributed by atoms with Crippen LogP contribution in [0.2, 0.25) is 0 Å². The van der Waals surface area contributed by atoms with Crippen molar-refractivity contribution in [2.24, 2.45) is 0 Å². The number of aromatic nitrogens is 2. The van der Waals surface area contributed by atoms with Crippen molar-refractivity contribution in [3.05, 3.63) is 35.7 Å². The van der Waals surface area contributed by atoms with Crippen molar-refractivity contribution in [1.29, 1.82) is 0 Å². The zero-order chi connectivity index (χ0) is 10.6. The molecule has 0 saturated heterocycles. The minimum Gasteiger partial charge on any atom is -0.388 e. The molecule has 0 aliphatic carbocycles. The summed E-state index contributed by atoms with van der Waals surface area (Å²) in [5.41, 5.74) is 2.51. The first-order chi connectivity index (χ1) is 6.65. The van der Waals surface area contributed by atoms with Crippen molar-refractivity contribution >= 4 is 0 Å². The van der Waals surface area contributed by atoms with E-state index < -0.39 is 6.10 Å². The Morgan fingerprint density at radius 1 is 1.50 bits per heavy atom. The topological polar surface area (TPSA) is 46.0 Å². The van der Waals surface area contributed by atoms with Gasteiger partial charge in [0, 0.05) is 5.56 Å². The third-order valence-corrected chi connectivity index (χ3v) is 2.14. The Balaban J connectivity index is 2.82. The lowest BCUT2D eigenvalue weighted by Crippen LogP contribution is -2.03. The number of aliphatic hydroxyl groups excluding tert-OH is 1. The minimum absolute atomic E-state index is 0.456. The standard InChI is InChI=1S/C11H16N2O/c1-4-5-6-11(14)10-7-8(2)12-13-9(10)3/h4,7,11,14H,1,5-6H2,2-3H3. The lowest BCUT2D eigenvalue weighted by molar-refractivity contribution is 0.167. The number of hydrogen-bond donors (Lipinski definition) is 1. The first-order valence-corrected chi connectivity index (χ1v) is 4.75. The minimum atomic E-state index is -0.456. The predicted molar refractivity (Wildman–Crippen MR) is 55.9 cm³/mol. The van der Waals surface area contributed by atoms with Crippen LogP contribution in [0.25, 0.3) is 0 Å². The van der Waals surface area contributed by atoms with Crippen molar-refractivity contribution in [3.63, 3.8) is 0 Å². The van der Waals surface area contributed by atoms with Gasteiger partial charge in [-0.1, -0.05) is 6.08 Å². The van der Waals surface area contributed by atoms with Crippen LogP contribution in [0.3, 0.4) is 0 Å². The van der Waals surface area contributed by atoms with E-state index >= 15 is 0 Å². The summed E-state index contributed by atoms with van der Waals surface area (Å²) < 4.78 is 0. The highest BCUT2D eigenvalue weighted by Crippen LogP contribution is 2.20. The number of allylic oxidation sites excluding steroid dienone is 1. The molecule has 76 valence electrons. The first kappa shape index (κ1) is 10.9. The molecule has 0 aliphatic rings. The summed E-state index contributed by atoms with van der Waals surface area (Å²) in [6.07, 6.45) is 2.85. The van der Waals surface area contributed by atoms with Crippen LogP contribution in [0.4, 0.5) is 0 Å². The van der Waals surface area contributed by atoms with E-state index in [1.54, 1.807) is 6.08 Å². The van der Waals surface area contributed by atoms with E-state index in [-0.39, 0.29) is 0 Å². The molecule has 0 saturated carbocycles. The molecule has 1 aromatic rings. The lowest BCUT2D eigenvalue weighted by atomic mass is 10.0. The van der Waals surface area contributed by atoms with E-state index in [9.17, 15) is 5.11 Å². The Morgan fingerprint density at radius 2 is 2.21 bits per heavy atom. The highest BCUT2D eigenvalue weighted by molar-refractivity contribution is 5.22. The van der Waals surface area contributed by atoms with Gasteiger partial charge in [-0.3, -0.25) is 0 Å². The maximum absolute atomic E-state index is 9.84. The molecule has 0 radical (unpaired) electrons. The summed E-state index contributed by atoms with van der Waals surface area (Å²) >= 11 is 0. The van der Waals surface area contributed by atoms with Crippen molar-refractivity contribution in [2.45, 2.75) is 32.8 Å². The maximum Gasteiger partial charge on any atom is 0.0811 e. The Labute approximate surface area is 84.5 Å². The summed E-state index contributed by atoms with van der Waals surface area (Å²) in [4.78, 5) is 0. The molecular formula is C11H16N2O. The monoisotopic (exact) mass is 192 g/mol. The number of rotatable bonds is 4. The molecule has 0 bridgehead atoms. The summed E-state index contributed by atoms with van der Waals surface area (Å²) in [7, 11) is 0. The van der Waals surface area contributed by atoms with Crippen molar-refractivity contribution < 1.29 is 5.11 Å². The summed E-state index contributed by atoms with van der Waals surface area (Å²) in [6.45, 7) is 7.36. The van der Waals surface area contributed by atoms with Crippen molar-refractivity contribution in [3.8, 4) is 0 Å². The second kappa shape index (κ2) is 4.86. The van der Waals surface area contributed by atoms with Gasteiger partial charge >= 0.3 is 0 Å². The molecule has 1 unspecified atom stereocenters. The third kappa shape index (κ3) is 2.64. The van der Waals surface area contributed by atoms with Crippen LogP contribution < -0.4 is 0 Å². The number of aliphatic hydroxyl groups is 1. The van der Waals surface area contributed by atoms with E-state index in [1.807, 2.05) is 19.9 Å². The van der Waals surface area contributed by atoms with Gasteiger partial charge in [-0.05, 0) is 32.8 Å². The normalized spacial score (nSPS) is 12.5. The van der Waals surface area contributed by atoms with Crippen LogP contribution >= 0.6 is 0 Å². The van der Waals surface area contributed by atoms with Gasteiger partial charge in [-0.25, -0.2) is 0 Å². The summed E-state index contributed by atoms with van der Waals surface area (Å²) in [6, 6.07) is 1.89. The van der Waals surface area contributed by atoms with Crippen LogP contribution in [-0.4, -0.2) is 15.3 Å². The summed E-state index contributed by atoms with van der Waals surface area (Å²) in [5.74, 6) is 0. The van der Waals surface area contributed by atoms with E-state index in [0.717, 1.165) is 23.4 Å². The van der Waals surface area contributed by atoms with Gasteiger partial charge in [-0.2, -0.15) is 10.2 Å². The average Bonchev–Trinajstić information content (AvgIpc) is 2.18. The second-order valence-electron chi connectivity index (χ2n) is 3.41. The van der Waals surface area contributed by atoms with Crippen LogP contribution in [0.15, 0.2) is 18.7 Å². The Kier molecular flexibility index (Phi) is 3.77. The largest absolute Gasteiger partial charge is 0.388 e. The molecule has 1 heterocycles. The van der Waals surface area contributed by atoms with E-state index in [2.05, 4.69) is 16.8 Å². The van der Waals surface area contributed by atoms with Crippen LogP contribution in [-0.2, 0) is 0 Å². The fraction of sp³-hybridized carbons (Fsp3) is 0.455. The summed E-state index contributed by atoms with van der Waals surface area (Å²) in [5, 5.41) is 17.7. The highest BCUT2D eigenvalue weighted by Gasteiger charge is 2.10. The van der Waals surface area contributed by atoms with Crippen LogP contribution in [0.5, 0.6) is 0 Å². The molecule has 3 heteroatoms. The molecule has 14 heavy (non-hydrogen) atoms. The number of nitrogens with zero attached hydrogens (tertiary/aromatic N) is 2. The lowest BCUT2D eigenvalue weighted by Gasteiger charge is -2.11. The van der Waals surface area contributed by atoms with E-state index in [0.29, 0.717) is 6.42 Å². The molecule has 0 spiro atoms. The molecule has 0 amide bonds. The van der Waals surface area contributed by atoms with Crippen LogP contribution in [0.1, 0.15) is 35.9 Å². The molecule has 0 aliphatic heterocycles. The fourth-order valence-corrected chi connectivity index (χ4v) is 1.34. The van der Waals surface area contributed by atoms with Gasteiger partial charge < -0.3 is 5.11 Å². The quantitative estimate of drug-likeness (QED) is 0.743. The fourth-order valence-electron chi connectivity index (χ4n) is 1.34. The number of aryl methyl sites for hydroxylation is 2. The molecular weight excluding hydrogens is 176 g/mol. The zero-order valence-electron chi connectivity index (χ0n) is 8.70. The Bertz CT molecular complexity index is 323. The highest BCUT2D eigenvalue weighted by atomic mass is 16.3. The van der Waals surface area contributed by atoms with E-state index in [4.69, 9.17) is 0 Å². The molecule has 0 aromatic carbocycles. The smallest absolute Gasteiger partial charge is 0.0811 e. The third-order valence-electron chi connectivity index (χ3n) is 2.14. The number of hydrogen-bond acceptors (Lipinski definition) is 3. The predicted octanol–water partition coefficient (Wildman–Crippen LogP) is 2.09. The zero-order valence-corrected chi connectivity index (χ0v) is 8.70.